The molecule has 0 radical (unpaired) electrons. The number of carbonyl (C=O) groups is 2. The molecule has 0 aromatic heterocycles. The highest BCUT2D eigenvalue weighted by atomic mass is 35.5. The monoisotopic (exact) mass is 520 g/mol. The van der Waals surface area contributed by atoms with E-state index in [0.717, 1.165) is 11.1 Å². The van der Waals surface area contributed by atoms with Gasteiger partial charge in [0.1, 0.15) is 6.04 Å². The van der Waals surface area contributed by atoms with E-state index in [9.17, 15) is 9.59 Å². The maximum absolute atomic E-state index is 13.1. The number of nitrogens with one attached hydrogen (secondary N) is 1. The van der Waals surface area contributed by atoms with Crippen molar-refractivity contribution in [3.8, 4) is 0 Å². The molecule has 1 N–H and O–H groups in total. The maximum Gasteiger partial charge on any atom is 0.242 e. The zero-order valence-electron chi connectivity index (χ0n) is 17.3. The molecule has 1 unspecified atom stereocenters. The molecule has 31 heavy (non-hydrogen) atoms. The summed E-state index contributed by atoms with van der Waals surface area (Å²) in [6.45, 7) is 4.50. The lowest BCUT2D eigenvalue weighted by Crippen LogP contribution is -2.49. The zero-order chi connectivity index (χ0) is 23.0. The fourth-order valence-electron chi connectivity index (χ4n) is 3.01. The Bertz CT molecular complexity index is 926. The van der Waals surface area contributed by atoms with Gasteiger partial charge in [0.05, 0.1) is 25.8 Å². The van der Waals surface area contributed by atoms with E-state index in [1.165, 1.54) is 11.8 Å². The van der Waals surface area contributed by atoms with Crippen LogP contribution in [0.3, 0.4) is 0 Å². The molecule has 9 heteroatoms. The Morgan fingerprint density at radius 2 is 1.52 bits per heavy atom. The summed E-state index contributed by atoms with van der Waals surface area (Å²) < 4.78 is 0. The minimum Gasteiger partial charge on any atom is -0.355 e. The summed E-state index contributed by atoms with van der Waals surface area (Å²) in [7, 11) is 0. The Hall–Kier alpha value is -1.11. The molecule has 0 fully saturated rings. The third-order valence-corrected chi connectivity index (χ3v) is 7.02. The van der Waals surface area contributed by atoms with Crippen LogP contribution >= 0.6 is 58.2 Å². The van der Waals surface area contributed by atoms with Crippen molar-refractivity contribution < 1.29 is 9.59 Å². The molecule has 0 heterocycles. The van der Waals surface area contributed by atoms with Crippen LogP contribution in [-0.4, -0.2) is 35.1 Å². The number of hydrogen-bond donors (Lipinski definition) is 1. The largest absolute Gasteiger partial charge is 0.355 e. The maximum atomic E-state index is 13.1. The third kappa shape index (κ3) is 7.76. The van der Waals surface area contributed by atoms with Gasteiger partial charge >= 0.3 is 0 Å². The van der Waals surface area contributed by atoms with Crippen LogP contribution in [0, 0.1) is 0 Å². The molecule has 0 saturated heterocycles. The number of nitrogens with zero attached hydrogens (tertiary/aromatic N) is 1. The quantitative estimate of drug-likeness (QED) is 0.389. The standard InChI is InChI=1S/C22H24Cl4N2O2S/c1-3-20(22(30)27-4-2)28(11-14-5-7-16(23)18(25)9-14)21(29)13-31-12-15-6-8-17(24)19(26)10-15/h5-10,20H,3-4,11-13H2,1-2H3,(H,27,30). The van der Waals surface area contributed by atoms with E-state index in [2.05, 4.69) is 5.32 Å². The van der Waals surface area contributed by atoms with Gasteiger partial charge in [0.25, 0.3) is 0 Å². The van der Waals surface area contributed by atoms with E-state index < -0.39 is 6.04 Å². The van der Waals surface area contributed by atoms with Gasteiger partial charge in [-0.15, -0.1) is 11.8 Å². The molecular formula is C22H24Cl4N2O2S. The van der Waals surface area contributed by atoms with E-state index >= 15 is 0 Å². The molecular weight excluding hydrogens is 498 g/mol. The number of likely N-dealkylation sites (N-methyl/N-ethyl adjacent to an activating group) is 1. The van der Waals surface area contributed by atoms with Crippen LogP contribution in [0.5, 0.6) is 0 Å². The molecule has 0 aliphatic heterocycles. The van der Waals surface area contributed by atoms with Crippen LogP contribution in [0.25, 0.3) is 0 Å². The number of carbonyl (C=O) groups excluding carboxylic acids is 2. The highest BCUT2D eigenvalue weighted by Crippen LogP contribution is 2.26. The number of halogens is 4. The van der Waals surface area contributed by atoms with Crippen LogP contribution in [0.15, 0.2) is 36.4 Å². The smallest absolute Gasteiger partial charge is 0.242 e. The molecule has 2 amide bonds. The Morgan fingerprint density at radius 1 is 0.935 bits per heavy atom. The van der Waals surface area contributed by atoms with E-state index in [0.29, 0.717) is 38.8 Å². The van der Waals surface area contributed by atoms with Gasteiger partial charge in [-0.25, -0.2) is 0 Å². The lowest BCUT2D eigenvalue weighted by atomic mass is 10.1. The number of hydrogen-bond acceptors (Lipinski definition) is 3. The van der Waals surface area contributed by atoms with Crippen LogP contribution in [0.1, 0.15) is 31.4 Å². The first kappa shape index (κ1) is 26.1. The Balaban J connectivity index is 2.14. The topological polar surface area (TPSA) is 49.4 Å². The second-order valence-electron chi connectivity index (χ2n) is 6.83. The fourth-order valence-corrected chi connectivity index (χ4v) is 4.51. The minimum absolute atomic E-state index is 0.130. The molecule has 4 nitrogen and oxygen atoms in total. The van der Waals surface area contributed by atoms with Crippen molar-refractivity contribution in [3.05, 3.63) is 67.6 Å². The summed E-state index contributed by atoms with van der Waals surface area (Å²) in [6.07, 6.45) is 0.496. The van der Waals surface area contributed by atoms with Crippen LogP contribution in [0.2, 0.25) is 20.1 Å². The fraction of sp³-hybridized carbons (Fsp3) is 0.364. The van der Waals surface area contributed by atoms with E-state index in [1.54, 1.807) is 29.2 Å². The number of amides is 2. The zero-order valence-corrected chi connectivity index (χ0v) is 21.1. The molecule has 0 aliphatic carbocycles. The second-order valence-corrected chi connectivity index (χ2v) is 9.44. The molecule has 2 rings (SSSR count). The van der Waals surface area contributed by atoms with Gasteiger partial charge in [-0.1, -0.05) is 65.5 Å². The average molecular weight is 522 g/mol. The Morgan fingerprint density at radius 3 is 2.06 bits per heavy atom. The van der Waals surface area contributed by atoms with Crippen molar-refractivity contribution in [1.82, 2.24) is 10.2 Å². The molecule has 0 bridgehead atoms. The highest BCUT2D eigenvalue weighted by molar-refractivity contribution is 7.99. The number of thioether (sulfide) groups is 1. The predicted molar refractivity (Wildman–Crippen MR) is 132 cm³/mol. The van der Waals surface area contributed by atoms with Crippen molar-refractivity contribution in [2.24, 2.45) is 0 Å². The van der Waals surface area contributed by atoms with Gasteiger partial charge in [-0.3, -0.25) is 9.59 Å². The van der Waals surface area contributed by atoms with Crippen LogP contribution in [-0.2, 0) is 21.9 Å². The summed E-state index contributed by atoms with van der Waals surface area (Å²) in [5.41, 5.74) is 1.78. The van der Waals surface area contributed by atoms with Crippen LogP contribution in [0.4, 0.5) is 0 Å². The Labute approximate surface area is 207 Å². The van der Waals surface area contributed by atoms with Gasteiger partial charge in [0.2, 0.25) is 11.8 Å². The SMILES string of the molecule is CCNC(=O)C(CC)N(Cc1ccc(Cl)c(Cl)c1)C(=O)CSCc1ccc(Cl)c(Cl)c1. The second kappa shape index (κ2) is 12.8. The van der Waals surface area contributed by atoms with E-state index in [4.69, 9.17) is 46.4 Å². The minimum atomic E-state index is -0.576. The number of rotatable bonds is 10. The first-order chi connectivity index (χ1) is 14.8. The van der Waals surface area contributed by atoms with E-state index in [1.807, 2.05) is 26.0 Å². The van der Waals surface area contributed by atoms with Gasteiger partial charge in [0, 0.05) is 18.8 Å². The molecule has 2 aromatic rings. The summed E-state index contributed by atoms with van der Waals surface area (Å²) in [5.74, 6) is 0.515. The first-order valence-electron chi connectivity index (χ1n) is 9.79. The van der Waals surface area contributed by atoms with Crippen LogP contribution < -0.4 is 5.32 Å². The molecule has 0 saturated carbocycles. The van der Waals surface area contributed by atoms with Gasteiger partial charge in [-0.05, 0) is 48.7 Å². The normalized spacial score (nSPS) is 11.8. The predicted octanol–water partition coefficient (Wildman–Crippen LogP) is 6.48. The lowest BCUT2D eigenvalue weighted by molar-refractivity contribution is -0.139. The van der Waals surface area contributed by atoms with Crippen molar-refractivity contribution in [2.75, 3.05) is 12.3 Å². The first-order valence-corrected chi connectivity index (χ1v) is 12.5. The van der Waals surface area contributed by atoms with Crippen molar-refractivity contribution in [1.29, 1.82) is 0 Å². The molecule has 0 aliphatic rings. The average Bonchev–Trinajstić information content (AvgIpc) is 2.73. The van der Waals surface area contributed by atoms with Crippen molar-refractivity contribution >= 4 is 70.0 Å². The van der Waals surface area contributed by atoms with E-state index in [-0.39, 0.29) is 24.1 Å². The molecule has 168 valence electrons. The molecule has 2 aromatic carbocycles. The molecule has 1 atom stereocenters. The summed E-state index contributed by atoms with van der Waals surface area (Å²) >= 11 is 25.6. The summed E-state index contributed by atoms with van der Waals surface area (Å²) in [6, 6.07) is 10.0. The molecule has 0 spiro atoms. The summed E-state index contributed by atoms with van der Waals surface area (Å²) in [5, 5.41) is 4.64. The van der Waals surface area contributed by atoms with Gasteiger partial charge in [0.15, 0.2) is 0 Å². The van der Waals surface area contributed by atoms with Gasteiger partial charge < -0.3 is 10.2 Å². The van der Waals surface area contributed by atoms with Gasteiger partial charge in [-0.2, -0.15) is 0 Å². The number of benzene rings is 2. The van der Waals surface area contributed by atoms with Crippen molar-refractivity contribution in [2.45, 2.75) is 38.6 Å². The summed E-state index contributed by atoms with van der Waals surface area (Å²) in [4.78, 5) is 27.4. The Kier molecular flexibility index (Phi) is 10.8. The third-order valence-electron chi connectivity index (χ3n) is 4.55. The van der Waals surface area contributed by atoms with Crippen molar-refractivity contribution in [3.63, 3.8) is 0 Å². The lowest BCUT2D eigenvalue weighted by Gasteiger charge is -2.30. The highest BCUT2D eigenvalue weighted by Gasteiger charge is 2.28.